The molecule has 0 aliphatic rings. The molecule has 2 N–H and O–H groups in total. The first-order valence-corrected chi connectivity index (χ1v) is 1.69. The fourth-order valence-electron chi connectivity index (χ4n) is 0.152. The lowest BCUT2D eigenvalue weighted by Gasteiger charge is -1.91. The van der Waals surface area contributed by atoms with E-state index in [1.807, 2.05) is 0 Å². The minimum Gasteiger partial charge on any atom is -0.373 e. The monoisotopic (exact) mass is 105 g/mol. The summed E-state index contributed by atoms with van der Waals surface area (Å²) in [5, 5.41) is 0. The van der Waals surface area contributed by atoms with Crippen LogP contribution in [0.4, 0.5) is 0 Å². The number of rotatable bonds is 2. The van der Waals surface area contributed by atoms with E-state index in [0.29, 0.717) is 0 Å². The summed E-state index contributed by atoms with van der Waals surface area (Å²) in [6.45, 7) is -0.0868. The predicted octanol–water partition coefficient (Wildman–Crippen LogP) is -0.950. The van der Waals surface area contributed by atoms with E-state index in [1.54, 1.807) is 0 Å². The molecule has 0 aliphatic carbocycles. The van der Waals surface area contributed by atoms with E-state index >= 15 is 0 Å². The van der Waals surface area contributed by atoms with Crippen LogP contribution in [0.1, 0.15) is 0 Å². The van der Waals surface area contributed by atoms with E-state index in [4.69, 9.17) is 0 Å². The number of methoxy groups -OCH3 is 1. The van der Waals surface area contributed by atoms with Gasteiger partial charge >= 0.3 is 5.97 Å². The van der Waals surface area contributed by atoms with Gasteiger partial charge in [0.05, 0.1) is 0 Å². The van der Waals surface area contributed by atoms with Gasteiger partial charge < -0.3 is 9.57 Å². The zero-order chi connectivity index (χ0) is 5.70. The minimum absolute atomic E-state index is 0.0868. The third-order valence-corrected chi connectivity index (χ3v) is 0.394. The smallest absolute Gasteiger partial charge is 0.350 e. The number of nitrogens with two attached hydrogens (primary N) is 1. The predicted molar refractivity (Wildman–Crippen MR) is 22.2 cm³/mol. The van der Waals surface area contributed by atoms with E-state index in [2.05, 4.69) is 15.5 Å². The summed E-state index contributed by atoms with van der Waals surface area (Å²) in [4.78, 5) is 13.7. The largest absolute Gasteiger partial charge is 0.373 e. The lowest BCUT2D eigenvalue weighted by molar-refractivity contribution is -0.148. The fraction of sp³-hybridized carbons (Fsp3) is 0.667. The maximum atomic E-state index is 9.94. The van der Waals surface area contributed by atoms with Gasteiger partial charge in [-0.15, -0.1) is 0 Å². The standard InChI is InChI=1S/C3H7NO3/c1-6-2-3(5)7-4/h2,4H2,1H3. The first kappa shape index (κ1) is 6.39. The topological polar surface area (TPSA) is 61.5 Å². The van der Waals surface area contributed by atoms with E-state index < -0.39 is 5.97 Å². The van der Waals surface area contributed by atoms with Gasteiger partial charge in [0.2, 0.25) is 0 Å². The molecule has 4 heteroatoms. The number of hydrogen-bond acceptors (Lipinski definition) is 4. The van der Waals surface area contributed by atoms with Crippen molar-refractivity contribution in [3.8, 4) is 0 Å². The molecule has 0 rings (SSSR count). The molecule has 0 heterocycles. The second-order valence-corrected chi connectivity index (χ2v) is 0.923. The zero-order valence-electron chi connectivity index (χ0n) is 4.01. The molecule has 0 aromatic rings. The Hall–Kier alpha value is -0.610. The van der Waals surface area contributed by atoms with Gasteiger partial charge in [-0.25, -0.2) is 4.79 Å². The van der Waals surface area contributed by atoms with Crippen LogP contribution in [0.3, 0.4) is 0 Å². The molecule has 0 atom stereocenters. The number of carbonyl (C=O) groups is 1. The average Bonchev–Trinajstić information content (AvgIpc) is 1.68. The molecule has 42 valence electrons. The Balaban J connectivity index is 3.00. The third-order valence-electron chi connectivity index (χ3n) is 0.394. The van der Waals surface area contributed by atoms with E-state index in [-0.39, 0.29) is 6.61 Å². The van der Waals surface area contributed by atoms with Gasteiger partial charge in [-0.1, -0.05) is 0 Å². The molecular weight excluding hydrogens is 98.0 g/mol. The fourth-order valence-corrected chi connectivity index (χ4v) is 0.152. The second-order valence-electron chi connectivity index (χ2n) is 0.923. The molecule has 0 bridgehead atoms. The van der Waals surface area contributed by atoms with Crippen molar-refractivity contribution in [3.63, 3.8) is 0 Å². The van der Waals surface area contributed by atoms with Crippen LogP contribution in [0, 0.1) is 0 Å². The first-order chi connectivity index (χ1) is 3.31. The zero-order valence-corrected chi connectivity index (χ0v) is 4.01. The molecule has 0 radical (unpaired) electrons. The number of carbonyl (C=O) groups excluding carboxylic acids is 1. The van der Waals surface area contributed by atoms with Crippen LogP contribution in [0.15, 0.2) is 0 Å². The number of hydrogen-bond donors (Lipinski definition) is 1. The van der Waals surface area contributed by atoms with Gasteiger partial charge in [0, 0.05) is 7.11 Å². The summed E-state index contributed by atoms with van der Waals surface area (Å²) < 4.78 is 4.34. The maximum Gasteiger partial charge on any atom is 0.350 e. The molecule has 0 saturated carbocycles. The van der Waals surface area contributed by atoms with Gasteiger partial charge in [0.1, 0.15) is 6.61 Å². The molecule has 0 amide bonds. The minimum atomic E-state index is -0.567. The van der Waals surface area contributed by atoms with Crippen molar-refractivity contribution in [2.75, 3.05) is 13.7 Å². The summed E-state index contributed by atoms with van der Waals surface area (Å²) in [5.74, 6) is 3.86. The van der Waals surface area contributed by atoms with Crippen LogP contribution < -0.4 is 5.90 Å². The highest BCUT2D eigenvalue weighted by molar-refractivity contribution is 5.70. The lowest BCUT2D eigenvalue weighted by Crippen LogP contribution is -2.14. The molecule has 0 saturated heterocycles. The average molecular weight is 105 g/mol. The Morgan fingerprint density at radius 1 is 1.86 bits per heavy atom. The molecule has 0 aromatic heterocycles. The Bertz CT molecular complexity index is 63.2. The van der Waals surface area contributed by atoms with Crippen molar-refractivity contribution >= 4 is 5.97 Å². The van der Waals surface area contributed by atoms with Crippen LogP contribution in [0.2, 0.25) is 0 Å². The lowest BCUT2D eigenvalue weighted by atomic mass is 10.7. The van der Waals surface area contributed by atoms with Gasteiger partial charge in [-0.3, -0.25) is 0 Å². The van der Waals surface area contributed by atoms with E-state index in [9.17, 15) is 4.79 Å². The quantitative estimate of drug-likeness (QED) is 0.460. The Morgan fingerprint density at radius 2 is 2.43 bits per heavy atom. The van der Waals surface area contributed by atoms with Crippen LogP contribution in [0.25, 0.3) is 0 Å². The van der Waals surface area contributed by atoms with Crippen LogP contribution in [0.5, 0.6) is 0 Å². The highest BCUT2D eigenvalue weighted by Gasteiger charge is 1.94. The SMILES string of the molecule is COCC(=O)ON. The Kier molecular flexibility index (Phi) is 3.26. The summed E-state index contributed by atoms with van der Waals surface area (Å²) in [6.07, 6.45) is 0. The van der Waals surface area contributed by atoms with Crippen molar-refractivity contribution in [2.24, 2.45) is 5.90 Å². The van der Waals surface area contributed by atoms with Crippen molar-refractivity contribution in [1.82, 2.24) is 0 Å². The van der Waals surface area contributed by atoms with Crippen molar-refractivity contribution in [2.45, 2.75) is 0 Å². The molecule has 7 heavy (non-hydrogen) atoms. The maximum absolute atomic E-state index is 9.94. The van der Waals surface area contributed by atoms with Crippen LogP contribution in [-0.4, -0.2) is 19.7 Å². The van der Waals surface area contributed by atoms with Gasteiger partial charge in [0.25, 0.3) is 0 Å². The van der Waals surface area contributed by atoms with Crippen LogP contribution in [-0.2, 0) is 14.4 Å². The molecule has 0 aliphatic heterocycles. The van der Waals surface area contributed by atoms with Crippen molar-refractivity contribution in [3.05, 3.63) is 0 Å². The summed E-state index contributed by atoms with van der Waals surface area (Å²) >= 11 is 0. The number of ether oxygens (including phenoxy) is 1. The van der Waals surface area contributed by atoms with Gasteiger partial charge in [-0.2, -0.15) is 5.90 Å². The summed E-state index contributed by atoms with van der Waals surface area (Å²) in [6, 6.07) is 0. The van der Waals surface area contributed by atoms with Gasteiger partial charge in [-0.05, 0) is 0 Å². The molecule has 0 spiro atoms. The molecular formula is C3H7NO3. The third kappa shape index (κ3) is 3.21. The van der Waals surface area contributed by atoms with E-state index in [1.165, 1.54) is 7.11 Å². The van der Waals surface area contributed by atoms with Crippen LogP contribution >= 0.6 is 0 Å². The Labute approximate surface area is 41.2 Å². The summed E-state index contributed by atoms with van der Waals surface area (Å²) in [7, 11) is 1.39. The first-order valence-electron chi connectivity index (χ1n) is 1.69. The summed E-state index contributed by atoms with van der Waals surface area (Å²) in [5.41, 5.74) is 0. The van der Waals surface area contributed by atoms with Crippen molar-refractivity contribution in [1.29, 1.82) is 0 Å². The second kappa shape index (κ2) is 3.58. The van der Waals surface area contributed by atoms with Gasteiger partial charge in [0.15, 0.2) is 0 Å². The highest BCUT2D eigenvalue weighted by atomic mass is 16.7. The highest BCUT2D eigenvalue weighted by Crippen LogP contribution is 1.68. The molecule has 0 unspecified atom stereocenters. The van der Waals surface area contributed by atoms with E-state index in [0.717, 1.165) is 0 Å². The normalized spacial score (nSPS) is 8.29. The van der Waals surface area contributed by atoms with Crippen molar-refractivity contribution < 1.29 is 14.4 Å². The molecule has 0 aromatic carbocycles. The Morgan fingerprint density at radius 3 is 2.57 bits per heavy atom. The molecule has 4 nitrogen and oxygen atoms in total. The molecule has 0 fully saturated rings.